The van der Waals surface area contributed by atoms with Crippen molar-refractivity contribution >= 4 is 5.97 Å². The normalized spacial score (nSPS) is 38.5. The lowest BCUT2D eigenvalue weighted by Crippen LogP contribution is -2.52. The van der Waals surface area contributed by atoms with Gasteiger partial charge in [0.05, 0.1) is 12.2 Å². The molecule has 0 radical (unpaired) electrons. The summed E-state index contributed by atoms with van der Waals surface area (Å²) in [4.78, 5) is 10.4. The molecule has 4 N–H and O–H groups in total. The number of piperidine rings is 1. The average molecular weight is 161 g/mol. The van der Waals surface area contributed by atoms with Crippen molar-refractivity contribution in [3.8, 4) is 0 Å². The van der Waals surface area contributed by atoms with E-state index in [9.17, 15) is 4.79 Å². The van der Waals surface area contributed by atoms with Crippen molar-refractivity contribution in [2.24, 2.45) is 0 Å². The Kier molecular flexibility index (Phi) is 2.43. The van der Waals surface area contributed by atoms with Crippen LogP contribution in [0.4, 0.5) is 0 Å². The second-order valence-corrected chi connectivity index (χ2v) is 2.67. The SMILES string of the molecule is O=C(O)C1C[C@H](O)[C@H](O)CN1. The Balaban J connectivity index is 2.46. The minimum Gasteiger partial charge on any atom is -0.480 e. The number of aliphatic carboxylic acids is 1. The lowest BCUT2D eigenvalue weighted by molar-refractivity contribution is -0.142. The van der Waals surface area contributed by atoms with Gasteiger partial charge in [-0.3, -0.25) is 4.79 Å². The van der Waals surface area contributed by atoms with Crippen molar-refractivity contribution in [2.75, 3.05) is 6.54 Å². The molecule has 5 heteroatoms. The predicted octanol–water partition coefficient (Wildman–Crippen LogP) is -1.85. The predicted molar refractivity (Wildman–Crippen MR) is 36.1 cm³/mol. The molecule has 0 amide bonds. The summed E-state index contributed by atoms with van der Waals surface area (Å²) in [5, 5.41) is 29.1. The van der Waals surface area contributed by atoms with Gasteiger partial charge in [0.1, 0.15) is 6.04 Å². The van der Waals surface area contributed by atoms with Crippen molar-refractivity contribution in [1.82, 2.24) is 5.32 Å². The largest absolute Gasteiger partial charge is 0.480 e. The Labute approximate surface area is 63.7 Å². The number of hydrogen-bond donors (Lipinski definition) is 4. The summed E-state index contributed by atoms with van der Waals surface area (Å²) in [5.41, 5.74) is 0. The van der Waals surface area contributed by atoms with Crippen LogP contribution < -0.4 is 5.32 Å². The van der Waals surface area contributed by atoms with Crippen LogP contribution in [-0.4, -0.2) is 46.1 Å². The highest BCUT2D eigenvalue weighted by molar-refractivity contribution is 5.73. The van der Waals surface area contributed by atoms with Crippen molar-refractivity contribution < 1.29 is 20.1 Å². The molecule has 1 heterocycles. The van der Waals surface area contributed by atoms with Crippen LogP contribution in [0.2, 0.25) is 0 Å². The Morgan fingerprint density at radius 3 is 2.45 bits per heavy atom. The zero-order chi connectivity index (χ0) is 8.43. The third-order valence-corrected chi connectivity index (χ3v) is 1.79. The highest BCUT2D eigenvalue weighted by atomic mass is 16.4. The third-order valence-electron chi connectivity index (χ3n) is 1.79. The Morgan fingerprint density at radius 1 is 1.36 bits per heavy atom. The molecule has 0 aromatic carbocycles. The van der Waals surface area contributed by atoms with E-state index < -0.39 is 24.2 Å². The Bertz CT molecular complexity index is 161. The van der Waals surface area contributed by atoms with Gasteiger partial charge in [-0.25, -0.2) is 0 Å². The lowest BCUT2D eigenvalue weighted by Gasteiger charge is -2.28. The van der Waals surface area contributed by atoms with Gasteiger partial charge in [0.15, 0.2) is 0 Å². The topological polar surface area (TPSA) is 89.8 Å². The van der Waals surface area contributed by atoms with Crippen LogP contribution in [0.15, 0.2) is 0 Å². The minimum atomic E-state index is -0.990. The Morgan fingerprint density at radius 2 is 2.00 bits per heavy atom. The summed E-state index contributed by atoms with van der Waals surface area (Å²) >= 11 is 0. The fourth-order valence-electron chi connectivity index (χ4n) is 1.07. The molecule has 0 saturated carbocycles. The minimum absolute atomic E-state index is 0.0660. The van der Waals surface area contributed by atoms with E-state index in [2.05, 4.69) is 5.32 Å². The third kappa shape index (κ3) is 1.89. The molecule has 11 heavy (non-hydrogen) atoms. The fraction of sp³-hybridized carbons (Fsp3) is 0.833. The highest BCUT2D eigenvalue weighted by Crippen LogP contribution is 2.08. The van der Waals surface area contributed by atoms with E-state index in [1.54, 1.807) is 0 Å². The van der Waals surface area contributed by atoms with Crippen molar-refractivity contribution in [3.05, 3.63) is 0 Å². The molecule has 64 valence electrons. The molecule has 1 aliphatic heterocycles. The fourth-order valence-corrected chi connectivity index (χ4v) is 1.07. The van der Waals surface area contributed by atoms with Gasteiger partial charge < -0.3 is 20.6 Å². The number of carboxylic acid groups (broad SMARTS) is 1. The maximum Gasteiger partial charge on any atom is 0.320 e. The van der Waals surface area contributed by atoms with Gasteiger partial charge in [0, 0.05) is 13.0 Å². The smallest absolute Gasteiger partial charge is 0.320 e. The Hall–Kier alpha value is -0.650. The first-order valence-electron chi connectivity index (χ1n) is 3.43. The van der Waals surface area contributed by atoms with Crippen LogP contribution in [0.3, 0.4) is 0 Å². The second-order valence-electron chi connectivity index (χ2n) is 2.67. The van der Waals surface area contributed by atoms with Gasteiger partial charge in [-0.05, 0) is 0 Å². The van der Waals surface area contributed by atoms with Gasteiger partial charge in [-0.15, -0.1) is 0 Å². The molecule has 0 aromatic heterocycles. The first-order chi connectivity index (χ1) is 5.11. The van der Waals surface area contributed by atoms with E-state index in [0.717, 1.165) is 0 Å². The van der Waals surface area contributed by atoms with Crippen molar-refractivity contribution in [3.63, 3.8) is 0 Å². The van der Waals surface area contributed by atoms with Crippen molar-refractivity contribution in [1.29, 1.82) is 0 Å². The van der Waals surface area contributed by atoms with Crippen LogP contribution in [0.5, 0.6) is 0 Å². The standard InChI is InChI=1S/C6H11NO4/c8-4-1-3(6(10)11)7-2-5(4)9/h3-5,7-9H,1-2H2,(H,10,11)/t3?,4-,5+/m0/s1. The summed E-state index contributed by atoms with van der Waals surface area (Å²) < 4.78 is 0. The van der Waals surface area contributed by atoms with E-state index >= 15 is 0 Å². The van der Waals surface area contributed by atoms with Gasteiger partial charge in [-0.1, -0.05) is 0 Å². The molecule has 0 spiro atoms. The lowest BCUT2D eigenvalue weighted by atomic mass is 10.00. The summed E-state index contributed by atoms with van der Waals surface area (Å²) in [5.74, 6) is -0.990. The molecule has 0 bridgehead atoms. The molecule has 5 nitrogen and oxygen atoms in total. The molecule has 1 saturated heterocycles. The number of carboxylic acids is 1. The van der Waals surface area contributed by atoms with Crippen LogP contribution in [0, 0.1) is 0 Å². The number of aliphatic hydroxyl groups is 2. The number of β-amino-alcohol motifs (C(OH)–C–C–N with tert-alkyl or cyclic N) is 1. The second kappa shape index (κ2) is 3.17. The van der Waals surface area contributed by atoms with Gasteiger partial charge in [0.2, 0.25) is 0 Å². The molecule has 0 aromatic rings. The highest BCUT2D eigenvalue weighted by Gasteiger charge is 2.30. The summed E-state index contributed by atoms with van der Waals surface area (Å²) in [6.45, 7) is 0.137. The van der Waals surface area contributed by atoms with Crippen molar-refractivity contribution in [2.45, 2.75) is 24.7 Å². The molecule has 1 aliphatic rings. The van der Waals surface area contributed by atoms with E-state index in [0.29, 0.717) is 0 Å². The molecule has 0 aliphatic carbocycles. The molecular weight excluding hydrogens is 150 g/mol. The zero-order valence-corrected chi connectivity index (χ0v) is 5.90. The van der Waals surface area contributed by atoms with Crippen LogP contribution in [-0.2, 0) is 4.79 Å². The zero-order valence-electron chi connectivity index (χ0n) is 5.90. The summed E-state index contributed by atoms with van der Waals surface area (Å²) in [6, 6.07) is -0.728. The van der Waals surface area contributed by atoms with Gasteiger partial charge in [0.25, 0.3) is 0 Å². The summed E-state index contributed by atoms with van der Waals surface area (Å²) in [7, 11) is 0. The van der Waals surface area contributed by atoms with E-state index in [1.807, 2.05) is 0 Å². The average Bonchev–Trinajstić information content (AvgIpc) is 1.94. The molecule has 3 atom stereocenters. The monoisotopic (exact) mass is 161 g/mol. The number of rotatable bonds is 1. The number of carbonyl (C=O) groups is 1. The van der Waals surface area contributed by atoms with Crippen LogP contribution >= 0.6 is 0 Å². The molecule has 1 rings (SSSR count). The number of nitrogens with one attached hydrogen (secondary N) is 1. The quantitative estimate of drug-likeness (QED) is 0.362. The van der Waals surface area contributed by atoms with Gasteiger partial charge >= 0.3 is 5.97 Å². The van der Waals surface area contributed by atoms with E-state index in [4.69, 9.17) is 15.3 Å². The molecule has 1 unspecified atom stereocenters. The molecular formula is C6H11NO4. The van der Waals surface area contributed by atoms with Crippen LogP contribution in [0.25, 0.3) is 0 Å². The number of aliphatic hydroxyl groups excluding tert-OH is 2. The first-order valence-corrected chi connectivity index (χ1v) is 3.43. The van der Waals surface area contributed by atoms with Crippen LogP contribution in [0.1, 0.15) is 6.42 Å². The van der Waals surface area contributed by atoms with E-state index in [1.165, 1.54) is 0 Å². The first kappa shape index (κ1) is 8.45. The maximum absolute atomic E-state index is 10.4. The summed E-state index contributed by atoms with van der Waals surface area (Å²) in [6.07, 6.45) is -1.70. The van der Waals surface area contributed by atoms with Gasteiger partial charge in [-0.2, -0.15) is 0 Å². The van der Waals surface area contributed by atoms with E-state index in [-0.39, 0.29) is 13.0 Å². The molecule has 1 fully saturated rings. The number of hydrogen-bond acceptors (Lipinski definition) is 4. The maximum atomic E-state index is 10.4.